The lowest BCUT2D eigenvalue weighted by Gasteiger charge is -2.24. The summed E-state index contributed by atoms with van der Waals surface area (Å²) in [5, 5.41) is 0. The summed E-state index contributed by atoms with van der Waals surface area (Å²) >= 11 is 0. The molecule has 0 aromatic carbocycles. The maximum absolute atomic E-state index is 6.01. The van der Waals surface area contributed by atoms with Crippen molar-refractivity contribution in [3.63, 3.8) is 0 Å². The van der Waals surface area contributed by atoms with Crippen LogP contribution in [-0.2, 0) is 6.42 Å². The molecule has 0 bridgehead atoms. The highest BCUT2D eigenvalue weighted by atomic mass is 15.2. The lowest BCUT2D eigenvalue weighted by atomic mass is 10.2. The number of hydrogen-bond acceptors (Lipinski definition) is 4. The van der Waals surface area contributed by atoms with Crippen LogP contribution < -0.4 is 10.6 Å². The summed E-state index contributed by atoms with van der Waals surface area (Å²) in [6.07, 6.45) is 4.67. The third-order valence-corrected chi connectivity index (χ3v) is 3.53. The molecular weight excluding hydrogens is 224 g/mol. The van der Waals surface area contributed by atoms with Crippen molar-refractivity contribution in [2.75, 3.05) is 23.7 Å². The minimum Gasteiger partial charge on any atom is -0.383 e. The minimum absolute atomic E-state index is 0.637. The molecule has 0 atom stereocenters. The second kappa shape index (κ2) is 5.55. The molecule has 1 aliphatic rings. The number of nitrogens with zero attached hydrogens (tertiary/aromatic N) is 3. The Balaban J connectivity index is 2.27. The van der Waals surface area contributed by atoms with E-state index < -0.39 is 0 Å². The topological polar surface area (TPSA) is 55.0 Å². The van der Waals surface area contributed by atoms with Crippen LogP contribution in [0.1, 0.15) is 44.5 Å². The highest BCUT2D eigenvalue weighted by molar-refractivity contribution is 5.56. The number of anilines is 2. The van der Waals surface area contributed by atoms with Crippen molar-refractivity contribution in [3.8, 4) is 0 Å². The second-order valence-electron chi connectivity index (χ2n) is 5.21. The van der Waals surface area contributed by atoms with Crippen LogP contribution in [0.2, 0.25) is 0 Å². The van der Waals surface area contributed by atoms with E-state index in [-0.39, 0.29) is 0 Å². The highest BCUT2D eigenvalue weighted by Crippen LogP contribution is 2.32. The van der Waals surface area contributed by atoms with E-state index in [0.29, 0.717) is 5.82 Å². The quantitative estimate of drug-likeness (QED) is 0.840. The fraction of sp³-hybridized carbons (Fsp3) is 0.714. The zero-order valence-corrected chi connectivity index (χ0v) is 11.7. The van der Waals surface area contributed by atoms with Crippen molar-refractivity contribution in [1.29, 1.82) is 0 Å². The molecular formula is C14H24N4. The Morgan fingerprint density at radius 2 is 2.00 bits per heavy atom. The molecule has 1 saturated carbocycles. The van der Waals surface area contributed by atoms with Crippen LogP contribution in [-0.4, -0.2) is 23.1 Å². The van der Waals surface area contributed by atoms with Gasteiger partial charge in [-0.05, 0) is 39.0 Å². The van der Waals surface area contributed by atoms with Gasteiger partial charge in [-0.2, -0.15) is 0 Å². The molecule has 2 N–H and O–H groups in total. The lowest BCUT2D eigenvalue weighted by molar-refractivity contribution is 0.719. The summed E-state index contributed by atoms with van der Waals surface area (Å²) < 4.78 is 0. The van der Waals surface area contributed by atoms with Gasteiger partial charge in [0.05, 0.1) is 0 Å². The Hall–Kier alpha value is -1.32. The average Bonchev–Trinajstić information content (AvgIpc) is 3.15. The van der Waals surface area contributed by atoms with Crippen LogP contribution in [0.4, 0.5) is 11.6 Å². The smallest absolute Gasteiger partial charge is 0.137 e. The average molecular weight is 248 g/mol. The molecule has 18 heavy (non-hydrogen) atoms. The normalized spacial score (nSPS) is 14.8. The van der Waals surface area contributed by atoms with Gasteiger partial charge in [0.2, 0.25) is 0 Å². The van der Waals surface area contributed by atoms with E-state index in [1.165, 1.54) is 12.8 Å². The van der Waals surface area contributed by atoms with Crippen molar-refractivity contribution in [2.45, 2.75) is 46.5 Å². The highest BCUT2D eigenvalue weighted by Gasteiger charge is 2.25. The van der Waals surface area contributed by atoms with E-state index in [1.807, 2.05) is 6.92 Å². The first-order valence-corrected chi connectivity index (χ1v) is 7.03. The van der Waals surface area contributed by atoms with E-state index in [0.717, 1.165) is 49.1 Å². The molecule has 0 spiro atoms. The Bertz CT molecular complexity index is 413. The van der Waals surface area contributed by atoms with Crippen molar-refractivity contribution in [2.24, 2.45) is 5.92 Å². The predicted octanol–water partition coefficient (Wildman–Crippen LogP) is 2.56. The van der Waals surface area contributed by atoms with E-state index in [1.54, 1.807) is 0 Å². The summed E-state index contributed by atoms with van der Waals surface area (Å²) in [6.45, 7) is 8.44. The van der Waals surface area contributed by atoms with E-state index in [4.69, 9.17) is 10.7 Å². The van der Waals surface area contributed by atoms with Crippen molar-refractivity contribution < 1.29 is 0 Å². The van der Waals surface area contributed by atoms with E-state index >= 15 is 0 Å². The first-order chi connectivity index (χ1) is 8.65. The van der Waals surface area contributed by atoms with Gasteiger partial charge in [0.1, 0.15) is 17.5 Å². The molecule has 1 aliphatic carbocycles. The van der Waals surface area contributed by atoms with Gasteiger partial charge in [-0.25, -0.2) is 9.97 Å². The molecule has 4 heteroatoms. The Labute approximate surface area is 110 Å². The molecule has 1 aromatic heterocycles. The number of nitrogen functional groups attached to an aromatic ring is 1. The van der Waals surface area contributed by atoms with Gasteiger partial charge in [0.15, 0.2) is 0 Å². The van der Waals surface area contributed by atoms with E-state index in [9.17, 15) is 0 Å². The van der Waals surface area contributed by atoms with Gasteiger partial charge < -0.3 is 10.6 Å². The summed E-state index contributed by atoms with van der Waals surface area (Å²) in [4.78, 5) is 11.4. The summed E-state index contributed by atoms with van der Waals surface area (Å²) in [5.74, 6) is 3.41. The van der Waals surface area contributed by atoms with Gasteiger partial charge in [-0.15, -0.1) is 0 Å². The fourth-order valence-electron chi connectivity index (χ4n) is 2.19. The van der Waals surface area contributed by atoms with Gasteiger partial charge in [0.25, 0.3) is 0 Å². The maximum Gasteiger partial charge on any atom is 0.137 e. The minimum atomic E-state index is 0.637. The van der Waals surface area contributed by atoms with Crippen LogP contribution in [0.15, 0.2) is 0 Å². The predicted molar refractivity (Wildman–Crippen MR) is 75.8 cm³/mol. The van der Waals surface area contributed by atoms with Crippen LogP contribution in [0.5, 0.6) is 0 Å². The van der Waals surface area contributed by atoms with Gasteiger partial charge in [-0.1, -0.05) is 6.92 Å². The molecule has 1 heterocycles. The number of nitrogens with two attached hydrogens (primary N) is 1. The number of rotatable bonds is 6. The zero-order chi connectivity index (χ0) is 13.1. The first kappa shape index (κ1) is 13.1. The fourth-order valence-corrected chi connectivity index (χ4v) is 2.19. The molecule has 0 aliphatic heterocycles. The second-order valence-corrected chi connectivity index (χ2v) is 5.21. The van der Waals surface area contributed by atoms with Crippen LogP contribution in [0, 0.1) is 12.8 Å². The SMILES string of the molecule is CCCc1nc(N)c(C)c(N(CC)CC2CC2)n1. The van der Waals surface area contributed by atoms with Crippen LogP contribution in [0.3, 0.4) is 0 Å². The Kier molecular flexibility index (Phi) is 4.04. The van der Waals surface area contributed by atoms with Gasteiger partial charge >= 0.3 is 0 Å². The number of aryl methyl sites for hydroxylation is 1. The molecule has 1 aromatic rings. The molecule has 0 amide bonds. The lowest BCUT2D eigenvalue weighted by Crippen LogP contribution is -2.28. The number of aromatic nitrogens is 2. The van der Waals surface area contributed by atoms with Crippen LogP contribution >= 0.6 is 0 Å². The third kappa shape index (κ3) is 2.92. The standard InChI is InChI=1S/C14H24N4/c1-4-6-12-16-13(15)10(3)14(17-12)18(5-2)9-11-7-8-11/h11H,4-9H2,1-3H3,(H2,15,16,17). The third-order valence-electron chi connectivity index (χ3n) is 3.53. The summed E-state index contributed by atoms with van der Waals surface area (Å²) in [5.41, 5.74) is 7.04. The summed E-state index contributed by atoms with van der Waals surface area (Å²) in [6, 6.07) is 0. The molecule has 0 saturated heterocycles. The molecule has 100 valence electrons. The Morgan fingerprint density at radius 1 is 1.28 bits per heavy atom. The monoisotopic (exact) mass is 248 g/mol. The van der Waals surface area contributed by atoms with Crippen molar-refractivity contribution >= 4 is 11.6 Å². The molecule has 0 unspecified atom stereocenters. The van der Waals surface area contributed by atoms with Crippen LogP contribution in [0.25, 0.3) is 0 Å². The summed E-state index contributed by atoms with van der Waals surface area (Å²) in [7, 11) is 0. The maximum atomic E-state index is 6.01. The zero-order valence-electron chi connectivity index (χ0n) is 11.7. The van der Waals surface area contributed by atoms with E-state index in [2.05, 4.69) is 23.7 Å². The van der Waals surface area contributed by atoms with Crippen molar-refractivity contribution in [1.82, 2.24) is 9.97 Å². The largest absolute Gasteiger partial charge is 0.383 e. The van der Waals surface area contributed by atoms with Gasteiger partial charge in [-0.3, -0.25) is 0 Å². The van der Waals surface area contributed by atoms with Crippen molar-refractivity contribution in [3.05, 3.63) is 11.4 Å². The Morgan fingerprint density at radius 3 is 2.56 bits per heavy atom. The molecule has 2 rings (SSSR count). The molecule has 1 fully saturated rings. The molecule has 4 nitrogen and oxygen atoms in total. The molecule has 0 radical (unpaired) electrons. The first-order valence-electron chi connectivity index (χ1n) is 7.03. The van der Waals surface area contributed by atoms with Gasteiger partial charge in [0, 0.05) is 25.1 Å². The number of hydrogen-bond donors (Lipinski definition) is 1.